The van der Waals surface area contributed by atoms with Crippen LogP contribution in [0.1, 0.15) is 43.0 Å². The van der Waals surface area contributed by atoms with Crippen molar-refractivity contribution in [2.45, 2.75) is 40.2 Å². The largest absolute Gasteiger partial charge is 0.481 e. The van der Waals surface area contributed by atoms with Crippen LogP contribution in [0.5, 0.6) is 0 Å². The maximum absolute atomic E-state index is 11.8. The summed E-state index contributed by atoms with van der Waals surface area (Å²) in [7, 11) is 0. The molecule has 1 heterocycles. The molecule has 0 fully saturated rings. The second kappa shape index (κ2) is 6.74. The molecule has 0 aliphatic heterocycles. The van der Waals surface area contributed by atoms with E-state index in [1.54, 1.807) is 25.2 Å². The summed E-state index contributed by atoms with van der Waals surface area (Å²) in [5, 5.41) is 14.6. The molecule has 1 aromatic heterocycles. The number of carbonyl (C=O) groups is 2. The van der Waals surface area contributed by atoms with Crippen molar-refractivity contribution in [1.29, 1.82) is 0 Å². The first-order chi connectivity index (χ1) is 9.28. The second-order valence-electron chi connectivity index (χ2n) is 5.22. The smallest absolute Gasteiger partial charge is 0.315 e. The van der Waals surface area contributed by atoms with Gasteiger partial charge in [-0.2, -0.15) is 0 Å². The first-order valence-electron chi connectivity index (χ1n) is 6.62. The van der Waals surface area contributed by atoms with Gasteiger partial charge in [0.1, 0.15) is 0 Å². The van der Waals surface area contributed by atoms with Crippen LogP contribution in [0.2, 0.25) is 0 Å². The SMILES string of the molecule is CCC(C)(CNC(=O)NC(C)c1ccc(C)s1)C(=O)O. The minimum absolute atomic E-state index is 0.0913. The highest BCUT2D eigenvalue weighted by Gasteiger charge is 2.31. The monoisotopic (exact) mass is 298 g/mol. The molecule has 1 aromatic rings. The zero-order valence-corrected chi connectivity index (χ0v) is 13.1. The van der Waals surface area contributed by atoms with Gasteiger partial charge in [0, 0.05) is 16.3 Å². The van der Waals surface area contributed by atoms with E-state index in [2.05, 4.69) is 10.6 Å². The van der Waals surface area contributed by atoms with Crippen molar-refractivity contribution in [1.82, 2.24) is 10.6 Å². The summed E-state index contributed by atoms with van der Waals surface area (Å²) in [6.07, 6.45) is 0.461. The molecule has 0 aromatic carbocycles. The quantitative estimate of drug-likeness (QED) is 0.755. The molecular formula is C14H22N2O3S. The number of carboxylic acid groups (broad SMARTS) is 1. The Bertz CT molecular complexity index is 487. The number of amides is 2. The van der Waals surface area contributed by atoms with E-state index in [0.717, 1.165) is 4.88 Å². The van der Waals surface area contributed by atoms with E-state index in [-0.39, 0.29) is 18.6 Å². The Morgan fingerprint density at radius 1 is 1.45 bits per heavy atom. The average Bonchev–Trinajstić information content (AvgIpc) is 2.82. The number of nitrogens with one attached hydrogen (secondary N) is 2. The van der Waals surface area contributed by atoms with Crippen molar-refractivity contribution in [2.24, 2.45) is 5.41 Å². The van der Waals surface area contributed by atoms with Crippen molar-refractivity contribution >= 4 is 23.3 Å². The lowest BCUT2D eigenvalue weighted by Gasteiger charge is -2.24. The molecular weight excluding hydrogens is 276 g/mol. The van der Waals surface area contributed by atoms with E-state index < -0.39 is 11.4 Å². The highest BCUT2D eigenvalue weighted by atomic mass is 32.1. The zero-order chi connectivity index (χ0) is 15.3. The highest BCUT2D eigenvalue weighted by molar-refractivity contribution is 7.12. The summed E-state index contributed by atoms with van der Waals surface area (Å²) in [6.45, 7) is 7.45. The molecule has 1 rings (SSSR count). The minimum Gasteiger partial charge on any atom is -0.481 e. The van der Waals surface area contributed by atoms with E-state index in [4.69, 9.17) is 5.11 Å². The number of aliphatic carboxylic acids is 1. The van der Waals surface area contributed by atoms with Gasteiger partial charge in [0.05, 0.1) is 11.5 Å². The third kappa shape index (κ3) is 4.23. The number of aryl methyl sites for hydroxylation is 1. The lowest BCUT2D eigenvalue weighted by molar-refractivity contribution is -0.147. The normalized spacial score (nSPS) is 15.2. The predicted octanol–water partition coefficient (Wildman–Crippen LogP) is 2.92. The van der Waals surface area contributed by atoms with Gasteiger partial charge in [-0.05, 0) is 39.3 Å². The van der Waals surface area contributed by atoms with Gasteiger partial charge < -0.3 is 15.7 Å². The Hall–Kier alpha value is -1.56. The van der Waals surface area contributed by atoms with Crippen LogP contribution in [0.15, 0.2) is 12.1 Å². The number of thiophene rings is 1. The van der Waals surface area contributed by atoms with Crippen LogP contribution in [0.25, 0.3) is 0 Å². The molecule has 2 atom stereocenters. The van der Waals surface area contributed by atoms with Crippen LogP contribution in [0.4, 0.5) is 4.79 Å². The Labute approximate surface area is 123 Å². The number of hydrogen-bond donors (Lipinski definition) is 3. The van der Waals surface area contributed by atoms with Gasteiger partial charge in [-0.25, -0.2) is 4.79 Å². The molecule has 0 radical (unpaired) electrons. The van der Waals surface area contributed by atoms with Crippen LogP contribution in [0.3, 0.4) is 0 Å². The summed E-state index contributed by atoms with van der Waals surface area (Å²) >= 11 is 1.63. The van der Waals surface area contributed by atoms with Gasteiger partial charge >= 0.3 is 12.0 Å². The Morgan fingerprint density at radius 3 is 2.55 bits per heavy atom. The summed E-state index contributed by atoms with van der Waals surface area (Å²) in [5.74, 6) is -0.901. The van der Waals surface area contributed by atoms with Gasteiger partial charge in [0.25, 0.3) is 0 Å². The Balaban J connectivity index is 2.50. The fourth-order valence-corrected chi connectivity index (χ4v) is 2.51. The summed E-state index contributed by atoms with van der Waals surface area (Å²) in [5.41, 5.74) is -0.930. The standard InChI is InChI=1S/C14H22N2O3S/c1-5-14(4,12(17)18)8-15-13(19)16-10(3)11-7-6-9(2)20-11/h6-7,10H,5,8H2,1-4H3,(H,17,18)(H2,15,16,19). The highest BCUT2D eigenvalue weighted by Crippen LogP contribution is 2.22. The number of carbonyl (C=O) groups excluding carboxylic acids is 1. The molecule has 0 bridgehead atoms. The molecule has 0 aliphatic rings. The van der Waals surface area contributed by atoms with Crippen molar-refractivity contribution in [3.05, 3.63) is 21.9 Å². The molecule has 112 valence electrons. The Kier molecular flexibility index (Phi) is 5.56. The van der Waals surface area contributed by atoms with Crippen molar-refractivity contribution in [3.63, 3.8) is 0 Å². The lowest BCUT2D eigenvalue weighted by atomic mass is 9.88. The number of carboxylic acids is 1. The second-order valence-corrected chi connectivity index (χ2v) is 6.54. The van der Waals surface area contributed by atoms with E-state index in [0.29, 0.717) is 6.42 Å². The number of hydrogen-bond acceptors (Lipinski definition) is 3. The predicted molar refractivity (Wildman–Crippen MR) is 80.0 cm³/mol. The van der Waals surface area contributed by atoms with Crippen LogP contribution in [-0.2, 0) is 4.79 Å². The molecule has 6 heteroatoms. The van der Waals surface area contributed by atoms with E-state index in [9.17, 15) is 9.59 Å². The molecule has 3 N–H and O–H groups in total. The van der Waals surface area contributed by atoms with Crippen LogP contribution >= 0.6 is 11.3 Å². The molecule has 20 heavy (non-hydrogen) atoms. The van der Waals surface area contributed by atoms with Crippen LogP contribution in [-0.4, -0.2) is 23.7 Å². The fraction of sp³-hybridized carbons (Fsp3) is 0.571. The van der Waals surface area contributed by atoms with Crippen molar-refractivity contribution in [3.8, 4) is 0 Å². The molecule has 2 amide bonds. The minimum atomic E-state index is -0.930. The molecule has 5 nitrogen and oxygen atoms in total. The molecule has 0 saturated carbocycles. The van der Waals surface area contributed by atoms with E-state index >= 15 is 0 Å². The maximum atomic E-state index is 11.8. The summed E-state index contributed by atoms with van der Waals surface area (Å²) < 4.78 is 0. The first-order valence-corrected chi connectivity index (χ1v) is 7.44. The molecule has 0 aliphatic carbocycles. The summed E-state index contributed by atoms with van der Waals surface area (Å²) in [4.78, 5) is 25.2. The maximum Gasteiger partial charge on any atom is 0.315 e. The van der Waals surface area contributed by atoms with Gasteiger partial charge in [0.15, 0.2) is 0 Å². The number of urea groups is 1. The summed E-state index contributed by atoms with van der Waals surface area (Å²) in [6, 6.07) is 3.56. The number of rotatable bonds is 6. The van der Waals surface area contributed by atoms with Gasteiger partial charge in [0.2, 0.25) is 0 Å². The average molecular weight is 298 g/mol. The molecule has 2 unspecified atom stereocenters. The van der Waals surface area contributed by atoms with Gasteiger partial charge in [-0.3, -0.25) is 4.79 Å². The topological polar surface area (TPSA) is 78.4 Å². The zero-order valence-electron chi connectivity index (χ0n) is 12.3. The van der Waals surface area contributed by atoms with Gasteiger partial charge in [-0.1, -0.05) is 6.92 Å². The fourth-order valence-electron chi connectivity index (χ4n) is 1.63. The third-order valence-electron chi connectivity index (χ3n) is 3.47. The van der Waals surface area contributed by atoms with Gasteiger partial charge in [-0.15, -0.1) is 11.3 Å². The van der Waals surface area contributed by atoms with Crippen molar-refractivity contribution in [2.75, 3.05) is 6.54 Å². The van der Waals surface area contributed by atoms with E-state index in [1.165, 1.54) is 4.88 Å². The van der Waals surface area contributed by atoms with Crippen LogP contribution < -0.4 is 10.6 Å². The van der Waals surface area contributed by atoms with Crippen molar-refractivity contribution < 1.29 is 14.7 Å². The Morgan fingerprint density at radius 2 is 2.10 bits per heavy atom. The van der Waals surface area contributed by atoms with Crippen LogP contribution in [0, 0.1) is 12.3 Å². The lowest BCUT2D eigenvalue weighted by Crippen LogP contribution is -2.45. The van der Waals surface area contributed by atoms with E-state index in [1.807, 2.05) is 26.0 Å². The molecule has 0 spiro atoms. The first kappa shape index (κ1) is 16.5. The third-order valence-corrected chi connectivity index (χ3v) is 4.65. The molecule has 0 saturated heterocycles.